The predicted octanol–water partition coefficient (Wildman–Crippen LogP) is 1.90. The van der Waals surface area contributed by atoms with E-state index in [1.54, 1.807) is 0 Å². The normalized spacial score (nSPS) is 6.42. The van der Waals surface area contributed by atoms with E-state index in [2.05, 4.69) is 34.0 Å². The van der Waals surface area contributed by atoms with Crippen LogP contribution in [0.1, 0.15) is 61.8 Å². The van der Waals surface area contributed by atoms with E-state index in [4.69, 9.17) is 51.2 Å². The van der Waals surface area contributed by atoms with Crippen molar-refractivity contribution in [2.24, 2.45) is 50.5 Å². The second kappa shape index (κ2) is 104. The molecule has 0 rings (SSSR count). The van der Waals surface area contributed by atoms with Crippen molar-refractivity contribution in [3.05, 3.63) is 20.9 Å². The summed E-state index contributed by atoms with van der Waals surface area (Å²) in [4.78, 5) is 4.90. The van der Waals surface area contributed by atoms with Crippen LogP contribution >= 0.6 is 0 Å². The Morgan fingerprint density at radius 2 is 0.871 bits per heavy atom. The maximum atomic E-state index is 7.86. The minimum Gasteiger partial charge on any atom is -0.331 e. The molecule has 0 bridgehead atoms. The molecular weight excluding hydrogens is 400 g/mol. The molecule has 31 heavy (non-hydrogen) atoms. The minimum absolute atomic E-state index is 0.0521. The standard InChI is InChI=1S/C3H9N5.C3H8.5C2H7N.CH4N4/c1-2-8(3-4)7-6-5;1-3-2;5*1-2-3;2-1-4-5-3/h2-4H2,1H3;3H2,1-2H3;5*2-3H2,1H3;1-2H2. The van der Waals surface area contributed by atoms with E-state index in [-0.39, 0.29) is 13.3 Å². The Morgan fingerprint density at radius 1 is 0.613 bits per heavy atom. The van der Waals surface area contributed by atoms with Gasteiger partial charge in [-0.3, -0.25) is 5.73 Å². The van der Waals surface area contributed by atoms with E-state index in [9.17, 15) is 0 Å². The second-order valence-corrected chi connectivity index (χ2v) is 4.35. The fraction of sp³-hybridized carbons (Fsp3) is 1.00. The lowest BCUT2D eigenvalue weighted by molar-refractivity contribution is 0.308. The van der Waals surface area contributed by atoms with Crippen LogP contribution in [0.2, 0.25) is 0 Å². The average molecular weight is 457 g/mol. The average Bonchev–Trinajstić information content (AvgIpc) is 2.71. The Labute approximate surface area is 191 Å². The van der Waals surface area contributed by atoms with Crippen LogP contribution in [-0.2, 0) is 0 Å². The molecule has 0 aromatic carbocycles. The maximum absolute atomic E-state index is 7.86. The topological polar surface area (TPSA) is 283 Å². The molecule has 194 valence electrons. The molecular formula is C17H56N14. The Morgan fingerprint density at radius 3 is 0.903 bits per heavy atom. The van der Waals surface area contributed by atoms with E-state index < -0.39 is 0 Å². The first-order valence-corrected chi connectivity index (χ1v) is 10.5. The van der Waals surface area contributed by atoms with E-state index >= 15 is 0 Å². The molecule has 14 N–H and O–H groups in total. The molecule has 0 heterocycles. The fourth-order valence-electron chi connectivity index (χ4n) is 0.322. The lowest BCUT2D eigenvalue weighted by Gasteiger charge is -2.05. The second-order valence-electron chi connectivity index (χ2n) is 4.35. The molecule has 14 heteroatoms. The number of hydrogen-bond acceptors (Lipinski definition) is 9. The highest BCUT2D eigenvalue weighted by Crippen LogP contribution is 1.82. The van der Waals surface area contributed by atoms with Crippen molar-refractivity contribution in [1.82, 2.24) is 5.01 Å². The summed E-state index contributed by atoms with van der Waals surface area (Å²) in [6, 6.07) is 0. The van der Waals surface area contributed by atoms with Gasteiger partial charge >= 0.3 is 0 Å². The van der Waals surface area contributed by atoms with Crippen molar-refractivity contribution >= 4 is 0 Å². The molecule has 0 unspecified atom stereocenters. The van der Waals surface area contributed by atoms with E-state index in [1.165, 1.54) is 11.4 Å². The van der Waals surface area contributed by atoms with Crippen molar-refractivity contribution in [1.29, 1.82) is 0 Å². The van der Waals surface area contributed by atoms with Crippen LogP contribution in [0.4, 0.5) is 0 Å². The molecule has 0 aliphatic heterocycles. The smallest absolute Gasteiger partial charge is 0.138 e. The zero-order chi connectivity index (χ0) is 26.8. The van der Waals surface area contributed by atoms with Gasteiger partial charge in [-0.05, 0) is 50.4 Å². The first-order valence-electron chi connectivity index (χ1n) is 10.5. The Kier molecular flexibility index (Phi) is 173. The SMILES string of the molecule is CCC.CCN.CCN.CCN.CCN.CCN.CCN(CN)N=[N+]=[N-].[N-]=[N+]=NCN. The molecule has 0 aromatic heterocycles. The Balaban J connectivity index is -0.0000000340. The molecule has 14 nitrogen and oxygen atoms in total. The van der Waals surface area contributed by atoms with Crippen molar-refractivity contribution in [2.45, 2.75) is 61.8 Å². The number of rotatable bonds is 4. The van der Waals surface area contributed by atoms with Crippen molar-refractivity contribution < 1.29 is 0 Å². The number of hydrogen-bond donors (Lipinski definition) is 7. The third kappa shape index (κ3) is 377. The first kappa shape index (κ1) is 51.6. The largest absolute Gasteiger partial charge is 0.331 e. The number of nitrogens with two attached hydrogens (primary N) is 7. The van der Waals surface area contributed by atoms with Crippen LogP contribution in [0.3, 0.4) is 0 Å². The fourth-order valence-corrected chi connectivity index (χ4v) is 0.322. The van der Waals surface area contributed by atoms with Gasteiger partial charge in [-0.15, -0.1) is 5.53 Å². The molecule has 0 saturated heterocycles. The highest BCUT2D eigenvalue weighted by atomic mass is 15.5. The maximum Gasteiger partial charge on any atom is 0.138 e. The van der Waals surface area contributed by atoms with Crippen LogP contribution in [0.25, 0.3) is 20.9 Å². The quantitative estimate of drug-likeness (QED) is 0.107. The molecule has 0 aliphatic carbocycles. The zero-order valence-corrected chi connectivity index (χ0v) is 21.5. The highest BCUT2D eigenvalue weighted by Gasteiger charge is 1.91. The van der Waals surface area contributed by atoms with Crippen molar-refractivity contribution in [3.8, 4) is 0 Å². The van der Waals surface area contributed by atoms with Gasteiger partial charge in [0.25, 0.3) is 0 Å². The van der Waals surface area contributed by atoms with E-state index in [0.717, 1.165) is 32.7 Å². The van der Waals surface area contributed by atoms with Gasteiger partial charge in [0.05, 0.1) is 13.2 Å². The molecule has 0 aliphatic rings. The monoisotopic (exact) mass is 456 g/mol. The van der Waals surface area contributed by atoms with E-state index in [1.807, 2.05) is 41.5 Å². The third-order valence-corrected chi connectivity index (χ3v) is 0.887. The van der Waals surface area contributed by atoms with Crippen molar-refractivity contribution in [2.75, 3.05) is 52.6 Å². The van der Waals surface area contributed by atoms with Crippen LogP contribution in [0.5, 0.6) is 0 Å². The summed E-state index contributed by atoms with van der Waals surface area (Å²) in [6.45, 7) is 20.4. The molecule has 0 saturated carbocycles. The predicted molar refractivity (Wildman–Crippen MR) is 138 cm³/mol. The van der Waals surface area contributed by atoms with Gasteiger partial charge in [-0.2, -0.15) is 4.91 Å². The lowest BCUT2D eigenvalue weighted by atomic mass is 10.6. The van der Waals surface area contributed by atoms with Gasteiger partial charge in [0.1, 0.15) is 6.67 Å². The summed E-state index contributed by atoms with van der Waals surface area (Å²) in [5, 5.41) is 7.60. The van der Waals surface area contributed by atoms with E-state index in [0.29, 0.717) is 6.54 Å². The molecule has 0 radical (unpaired) electrons. The molecule has 0 fully saturated rings. The summed E-state index contributed by atoms with van der Waals surface area (Å²) < 4.78 is 0. The van der Waals surface area contributed by atoms with Crippen LogP contribution < -0.4 is 40.1 Å². The van der Waals surface area contributed by atoms with Gasteiger partial charge in [0, 0.05) is 4.91 Å². The summed E-state index contributed by atoms with van der Waals surface area (Å²) in [5.74, 6) is 0. The van der Waals surface area contributed by atoms with Crippen LogP contribution in [0.15, 0.2) is 10.3 Å². The van der Waals surface area contributed by atoms with Gasteiger partial charge in [-0.1, -0.05) is 60.0 Å². The highest BCUT2D eigenvalue weighted by molar-refractivity contribution is 4.42. The third-order valence-electron chi connectivity index (χ3n) is 0.887. The van der Waals surface area contributed by atoms with Crippen LogP contribution in [-0.4, -0.2) is 57.6 Å². The van der Waals surface area contributed by atoms with Crippen molar-refractivity contribution in [3.63, 3.8) is 0 Å². The summed E-state index contributed by atoms with van der Waals surface area (Å²) in [7, 11) is 0. The summed E-state index contributed by atoms with van der Waals surface area (Å²) in [6.07, 6.45) is 1.25. The summed E-state index contributed by atoms with van der Waals surface area (Å²) in [5.41, 5.74) is 49.4. The van der Waals surface area contributed by atoms with Gasteiger partial charge < -0.3 is 34.4 Å². The lowest BCUT2D eigenvalue weighted by Crippen LogP contribution is -2.23. The zero-order valence-electron chi connectivity index (χ0n) is 21.5. The summed E-state index contributed by atoms with van der Waals surface area (Å²) >= 11 is 0. The van der Waals surface area contributed by atoms with Crippen LogP contribution in [0, 0.1) is 0 Å². The molecule has 0 atom stereocenters. The van der Waals surface area contributed by atoms with Gasteiger partial charge in [0.2, 0.25) is 0 Å². The molecule has 0 amide bonds. The number of azide groups is 2. The first-order chi connectivity index (χ1) is 14.7. The van der Waals surface area contributed by atoms with Gasteiger partial charge in [-0.25, -0.2) is 5.01 Å². The number of nitrogens with zero attached hydrogens (tertiary/aromatic N) is 7. The Hall–Kier alpha value is -1.86. The molecule has 0 aromatic rings. The molecule has 0 spiro atoms. The van der Waals surface area contributed by atoms with Gasteiger partial charge in [0.15, 0.2) is 0 Å². The Bertz CT molecular complexity index is 260. The minimum atomic E-state index is 0.0521.